The zero-order valence-corrected chi connectivity index (χ0v) is 19.5. The highest BCUT2D eigenvalue weighted by Gasteiger charge is 2.29. The highest BCUT2D eigenvalue weighted by Crippen LogP contribution is 2.29. The second kappa shape index (κ2) is 12.7. The monoisotopic (exact) mass is 558 g/mol. The summed E-state index contributed by atoms with van der Waals surface area (Å²) in [6, 6.07) is 8.37. The van der Waals surface area contributed by atoms with E-state index in [4.69, 9.17) is 21.1 Å². The van der Waals surface area contributed by atoms with Gasteiger partial charge >= 0.3 is 6.18 Å². The molecule has 0 saturated heterocycles. The first-order valence-corrected chi connectivity index (χ1v) is 9.10. The van der Waals surface area contributed by atoms with E-state index in [1.807, 2.05) is 6.07 Å². The Hall–Kier alpha value is -1.95. The average molecular weight is 559 g/mol. The van der Waals surface area contributed by atoms with Gasteiger partial charge in [-0.25, -0.2) is 4.98 Å². The SMILES string of the molecule is CN=C(NCCc1ccc(Cl)nc1)NCc1ccc(OCC(F)(F)F)c(OC)c1.I. The fraction of sp³-hybridized carbons (Fsp3) is 0.368. The van der Waals surface area contributed by atoms with Gasteiger partial charge in [0.2, 0.25) is 0 Å². The Labute approximate surface area is 195 Å². The van der Waals surface area contributed by atoms with Crippen molar-refractivity contribution in [2.45, 2.75) is 19.1 Å². The molecule has 1 heterocycles. The molecule has 0 spiro atoms. The number of ether oxygens (including phenoxy) is 2. The largest absolute Gasteiger partial charge is 0.493 e. The molecule has 2 aromatic rings. The van der Waals surface area contributed by atoms with E-state index in [1.54, 1.807) is 31.4 Å². The van der Waals surface area contributed by atoms with Crippen molar-refractivity contribution in [1.82, 2.24) is 15.6 Å². The third kappa shape index (κ3) is 9.24. The van der Waals surface area contributed by atoms with Gasteiger partial charge < -0.3 is 20.1 Å². The molecular weight excluding hydrogens is 536 g/mol. The molecule has 0 aliphatic rings. The number of aromatic nitrogens is 1. The molecule has 11 heteroatoms. The van der Waals surface area contributed by atoms with Crippen molar-refractivity contribution < 1.29 is 22.6 Å². The minimum Gasteiger partial charge on any atom is -0.493 e. The molecule has 0 fully saturated rings. The lowest BCUT2D eigenvalue weighted by Gasteiger charge is -2.15. The summed E-state index contributed by atoms with van der Waals surface area (Å²) in [5.41, 5.74) is 1.84. The fourth-order valence-electron chi connectivity index (χ4n) is 2.39. The summed E-state index contributed by atoms with van der Waals surface area (Å²) >= 11 is 5.76. The first-order valence-electron chi connectivity index (χ1n) is 8.72. The van der Waals surface area contributed by atoms with Crippen LogP contribution in [0.3, 0.4) is 0 Å². The van der Waals surface area contributed by atoms with E-state index < -0.39 is 12.8 Å². The highest BCUT2D eigenvalue weighted by molar-refractivity contribution is 14.0. The summed E-state index contributed by atoms with van der Waals surface area (Å²) in [5.74, 6) is 0.850. The van der Waals surface area contributed by atoms with Crippen LogP contribution in [0.2, 0.25) is 5.15 Å². The fourth-order valence-corrected chi connectivity index (χ4v) is 2.50. The summed E-state index contributed by atoms with van der Waals surface area (Å²) in [6.45, 7) is -0.338. The maximum absolute atomic E-state index is 12.3. The minimum absolute atomic E-state index is 0. The maximum Gasteiger partial charge on any atom is 0.422 e. The number of hydrogen-bond acceptors (Lipinski definition) is 4. The van der Waals surface area contributed by atoms with Crippen molar-refractivity contribution in [3.8, 4) is 11.5 Å². The van der Waals surface area contributed by atoms with E-state index >= 15 is 0 Å². The number of halogens is 5. The van der Waals surface area contributed by atoms with Gasteiger partial charge in [-0.2, -0.15) is 13.2 Å². The summed E-state index contributed by atoms with van der Waals surface area (Å²) in [7, 11) is 3.02. The van der Waals surface area contributed by atoms with Gasteiger partial charge in [-0.1, -0.05) is 23.7 Å². The van der Waals surface area contributed by atoms with E-state index in [-0.39, 0.29) is 35.5 Å². The molecule has 2 N–H and O–H groups in total. The molecule has 30 heavy (non-hydrogen) atoms. The number of methoxy groups -OCH3 is 1. The van der Waals surface area contributed by atoms with Crippen molar-refractivity contribution in [3.63, 3.8) is 0 Å². The molecule has 166 valence electrons. The normalized spacial score (nSPS) is 11.5. The van der Waals surface area contributed by atoms with Gasteiger partial charge in [0.25, 0.3) is 0 Å². The summed E-state index contributed by atoms with van der Waals surface area (Å²) in [6.07, 6.45) is -1.95. The van der Waals surface area contributed by atoms with E-state index in [2.05, 4.69) is 20.6 Å². The lowest BCUT2D eigenvalue weighted by Crippen LogP contribution is -2.37. The molecule has 0 atom stereocenters. The smallest absolute Gasteiger partial charge is 0.422 e. The zero-order valence-electron chi connectivity index (χ0n) is 16.4. The van der Waals surface area contributed by atoms with E-state index in [9.17, 15) is 13.2 Å². The number of aliphatic imine (C=N–C) groups is 1. The molecule has 2 rings (SSSR count). The van der Waals surface area contributed by atoms with Crippen LogP contribution in [0.4, 0.5) is 13.2 Å². The van der Waals surface area contributed by atoms with Crippen molar-refractivity contribution >= 4 is 41.5 Å². The quantitative estimate of drug-likeness (QED) is 0.220. The second-order valence-corrected chi connectivity index (χ2v) is 6.37. The minimum atomic E-state index is -4.41. The zero-order chi connectivity index (χ0) is 21.3. The van der Waals surface area contributed by atoms with Crippen molar-refractivity contribution in [1.29, 1.82) is 0 Å². The highest BCUT2D eigenvalue weighted by atomic mass is 127. The average Bonchev–Trinajstić information content (AvgIpc) is 2.70. The number of pyridine rings is 1. The van der Waals surface area contributed by atoms with Gasteiger partial charge in [0, 0.05) is 26.3 Å². The van der Waals surface area contributed by atoms with Gasteiger partial charge in [0.1, 0.15) is 5.15 Å². The Morgan fingerprint density at radius 1 is 1.13 bits per heavy atom. The predicted octanol–water partition coefficient (Wildman–Crippen LogP) is 4.21. The molecule has 0 aliphatic carbocycles. The Balaban J connectivity index is 0.00000450. The van der Waals surface area contributed by atoms with Gasteiger partial charge in [-0.15, -0.1) is 24.0 Å². The van der Waals surface area contributed by atoms with Gasteiger partial charge in [0.15, 0.2) is 24.1 Å². The number of nitrogens with one attached hydrogen (secondary N) is 2. The van der Waals surface area contributed by atoms with E-state index in [0.717, 1.165) is 17.5 Å². The predicted molar refractivity (Wildman–Crippen MR) is 121 cm³/mol. The summed E-state index contributed by atoms with van der Waals surface area (Å²) in [5, 5.41) is 6.76. The van der Waals surface area contributed by atoms with Crippen LogP contribution in [-0.4, -0.2) is 44.4 Å². The molecule has 0 unspecified atom stereocenters. The van der Waals surface area contributed by atoms with Crippen LogP contribution in [0.15, 0.2) is 41.5 Å². The van der Waals surface area contributed by atoms with E-state index in [0.29, 0.717) is 24.2 Å². The van der Waals surface area contributed by atoms with Gasteiger partial charge in [0.05, 0.1) is 7.11 Å². The topological polar surface area (TPSA) is 67.8 Å². The number of alkyl halides is 3. The molecule has 0 amide bonds. The van der Waals surface area contributed by atoms with Crippen LogP contribution < -0.4 is 20.1 Å². The summed E-state index contributed by atoms with van der Waals surface area (Å²) in [4.78, 5) is 8.17. The first kappa shape index (κ1) is 26.1. The van der Waals surface area contributed by atoms with Gasteiger partial charge in [-0.3, -0.25) is 4.99 Å². The summed E-state index contributed by atoms with van der Waals surface area (Å²) < 4.78 is 46.9. The van der Waals surface area contributed by atoms with Gasteiger partial charge in [-0.05, 0) is 35.7 Å². The molecule has 0 bridgehead atoms. The Bertz CT molecular complexity index is 820. The lowest BCUT2D eigenvalue weighted by molar-refractivity contribution is -0.153. The molecule has 0 radical (unpaired) electrons. The van der Waals surface area contributed by atoms with Crippen LogP contribution in [0.1, 0.15) is 11.1 Å². The maximum atomic E-state index is 12.3. The van der Waals surface area contributed by atoms with E-state index in [1.165, 1.54) is 13.2 Å². The molecule has 6 nitrogen and oxygen atoms in total. The molecule has 1 aromatic heterocycles. The standard InChI is InChI=1S/C19H22ClF3N4O2.HI/c1-24-18(25-8-7-13-4-6-17(20)26-10-13)27-11-14-3-5-15(16(9-14)28-2)29-12-19(21,22)23;/h3-6,9-10H,7-8,11-12H2,1-2H3,(H2,24,25,27);1H. The number of nitrogens with zero attached hydrogens (tertiary/aromatic N) is 2. The van der Waals surface area contributed by atoms with Crippen LogP contribution in [0.5, 0.6) is 11.5 Å². The van der Waals surface area contributed by atoms with Crippen molar-refractivity contribution in [3.05, 3.63) is 52.8 Å². The lowest BCUT2D eigenvalue weighted by atomic mass is 10.2. The third-order valence-corrected chi connectivity index (χ3v) is 4.02. The molecule has 1 aromatic carbocycles. The Kier molecular flexibility index (Phi) is 11.0. The second-order valence-electron chi connectivity index (χ2n) is 5.98. The van der Waals surface area contributed by atoms with Crippen LogP contribution >= 0.6 is 35.6 Å². The Morgan fingerprint density at radius 2 is 1.87 bits per heavy atom. The van der Waals surface area contributed by atoms with Crippen molar-refractivity contribution in [2.75, 3.05) is 27.3 Å². The number of rotatable bonds is 8. The third-order valence-electron chi connectivity index (χ3n) is 3.80. The van der Waals surface area contributed by atoms with Crippen molar-refractivity contribution in [2.24, 2.45) is 4.99 Å². The molecule has 0 aliphatic heterocycles. The van der Waals surface area contributed by atoms with Crippen LogP contribution in [0, 0.1) is 0 Å². The first-order chi connectivity index (χ1) is 13.8. The number of benzene rings is 1. The van der Waals surface area contributed by atoms with Crippen LogP contribution in [0.25, 0.3) is 0 Å². The Morgan fingerprint density at radius 3 is 2.47 bits per heavy atom. The molecule has 0 saturated carbocycles. The number of hydrogen-bond donors (Lipinski definition) is 2. The van der Waals surface area contributed by atoms with Crippen LogP contribution in [-0.2, 0) is 13.0 Å². The molecular formula is C19H23ClF3IN4O2. The number of guanidine groups is 1.